The van der Waals surface area contributed by atoms with Crippen molar-refractivity contribution in [3.63, 3.8) is 0 Å². The van der Waals surface area contributed by atoms with Gasteiger partial charge in [-0.15, -0.1) is 12.4 Å². The number of sulfonamides is 2. The fourth-order valence-electron chi connectivity index (χ4n) is 5.41. The number of nitrogens with one attached hydrogen (secondary N) is 1. The van der Waals surface area contributed by atoms with Crippen LogP contribution in [0.5, 0.6) is 0 Å². The highest BCUT2D eigenvalue weighted by atomic mass is 35.5. The van der Waals surface area contributed by atoms with Crippen molar-refractivity contribution >= 4 is 32.5 Å². The van der Waals surface area contributed by atoms with E-state index in [1.54, 1.807) is 12.1 Å². The second kappa shape index (κ2) is 14.6. The van der Waals surface area contributed by atoms with Gasteiger partial charge in [0.25, 0.3) is 0 Å². The van der Waals surface area contributed by atoms with E-state index in [0.29, 0.717) is 0 Å². The molecule has 0 unspecified atom stereocenters. The smallest absolute Gasteiger partial charge is 0.313 e. The summed E-state index contributed by atoms with van der Waals surface area (Å²) in [5.41, 5.74) is -1.39. The summed E-state index contributed by atoms with van der Waals surface area (Å²) in [5, 5.41) is 3.05. The zero-order chi connectivity index (χ0) is 34.0. The van der Waals surface area contributed by atoms with Crippen LogP contribution in [0.25, 0.3) is 0 Å². The molecule has 1 saturated heterocycles. The van der Waals surface area contributed by atoms with Crippen molar-refractivity contribution in [2.75, 3.05) is 13.1 Å². The normalized spacial score (nSPS) is 17.4. The monoisotopic (exact) mass is 733 g/mol. The Morgan fingerprint density at radius 3 is 1.15 bits per heavy atom. The van der Waals surface area contributed by atoms with Gasteiger partial charge in [-0.3, -0.25) is 0 Å². The summed E-state index contributed by atoms with van der Waals surface area (Å²) < 4.78 is 138. The maximum absolute atomic E-state index is 14.2. The second-order valence-corrected chi connectivity index (χ2v) is 14.7. The minimum Gasteiger partial charge on any atom is -0.313 e. The van der Waals surface area contributed by atoms with E-state index in [2.05, 4.69) is 5.32 Å². The van der Waals surface area contributed by atoms with Gasteiger partial charge in [0.15, 0.2) is 0 Å². The molecule has 2 atom stereocenters. The fourth-order valence-corrected chi connectivity index (χ4v) is 8.74. The zero-order valence-corrected chi connectivity index (χ0v) is 27.3. The van der Waals surface area contributed by atoms with Crippen LogP contribution in [0.15, 0.2) is 119 Å². The first kappa shape index (κ1) is 37.4. The highest BCUT2D eigenvalue weighted by Crippen LogP contribution is 2.33. The van der Waals surface area contributed by atoms with E-state index in [1.165, 1.54) is 48.5 Å². The molecule has 16 heteroatoms. The Bertz CT molecular complexity index is 1740. The van der Waals surface area contributed by atoms with Crippen LogP contribution in [0.4, 0.5) is 26.3 Å². The largest absolute Gasteiger partial charge is 0.416 e. The van der Waals surface area contributed by atoms with Crippen molar-refractivity contribution < 1.29 is 43.2 Å². The maximum atomic E-state index is 14.2. The number of rotatable bonds is 10. The second-order valence-electron chi connectivity index (χ2n) is 10.9. The summed E-state index contributed by atoms with van der Waals surface area (Å²) >= 11 is 0. The van der Waals surface area contributed by atoms with Crippen LogP contribution in [0.2, 0.25) is 0 Å². The van der Waals surface area contributed by atoms with Gasteiger partial charge in [-0.05, 0) is 59.7 Å². The lowest BCUT2D eigenvalue weighted by Crippen LogP contribution is -2.54. The molecule has 4 aromatic carbocycles. The van der Waals surface area contributed by atoms with Crippen LogP contribution in [0.1, 0.15) is 22.3 Å². The van der Waals surface area contributed by atoms with Gasteiger partial charge in [-0.25, -0.2) is 16.8 Å². The van der Waals surface area contributed by atoms with Crippen LogP contribution in [0.3, 0.4) is 0 Å². The topological polar surface area (TPSA) is 86.8 Å². The van der Waals surface area contributed by atoms with E-state index in [-0.39, 0.29) is 46.4 Å². The number of benzene rings is 4. The van der Waals surface area contributed by atoms with E-state index in [0.717, 1.165) is 57.1 Å². The number of alkyl halides is 6. The quantitative estimate of drug-likeness (QED) is 0.187. The molecular weight excluding hydrogens is 704 g/mol. The Hall–Kier alpha value is -3.47. The lowest BCUT2D eigenvalue weighted by Gasteiger charge is -2.37. The third-order valence-corrected chi connectivity index (χ3v) is 11.6. The molecule has 7 nitrogen and oxygen atoms in total. The molecule has 0 radical (unpaired) electrons. The molecule has 0 spiro atoms. The lowest BCUT2D eigenvalue weighted by molar-refractivity contribution is -0.138. The van der Waals surface area contributed by atoms with Gasteiger partial charge >= 0.3 is 12.4 Å². The Kier molecular flexibility index (Phi) is 11.3. The summed E-state index contributed by atoms with van der Waals surface area (Å²) in [7, 11) is -8.74. The van der Waals surface area contributed by atoms with E-state index in [4.69, 9.17) is 0 Å². The molecule has 0 saturated carbocycles. The molecule has 4 aromatic rings. The molecule has 5 rings (SSSR count). The van der Waals surface area contributed by atoms with Gasteiger partial charge in [0.1, 0.15) is 0 Å². The van der Waals surface area contributed by atoms with E-state index in [1.807, 2.05) is 0 Å². The highest BCUT2D eigenvalue weighted by Gasteiger charge is 2.45. The molecule has 0 bridgehead atoms. The summed E-state index contributed by atoms with van der Waals surface area (Å²) in [4.78, 5) is -0.226. The van der Waals surface area contributed by atoms with Gasteiger partial charge < -0.3 is 5.32 Å². The SMILES string of the molecule is Cl.O=S(=O)(c1ccccc1)N(Cc1ccc(C(F)(F)F)cc1)[C@H]1CNC[C@@H]1N(Cc1ccc(C(F)(F)F)cc1)S(=O)(=O)c1ccccc1. The zero-order valence-electron chi connectivity index (χ0n) is 24.9. The molecule has 1 aliphatic rings. The van der Waals surface area contributed by atoms with Gasteiger partial charge in [-0.1, -0.05) is 60.7 Å². The number of halogens is 7. The minimum atomic E-state index is -4.61. The van der Waals surface area contributed by atoms with Crippen molar-refractivity contribution in [3.8, 4) is 0 Å². The van der Waals surface area contributed by atoms with Crippen molar-refractivity contribution in [2.45, 2.75) is 47.3 Å². The average Bonchev–Trinajstić information content (AvgIpc) is 3.51. The van der Waals surface area contributed by atoms with Gasteiger partial charge in [0.05, 0.1) is 33.0 Å². The molecule has 1 fully saturated rings. The first-order valence-corrected chi connectivity index (χ1v) is 17.1. The lowest BCUT2D eigenvalue weighted by atomic mass is 10.1. The van der Waals surface area contributed by atoms with Crippen LogP contribution in [-0.4, -0.2) is 50.6 Å². The molecule has 1 heterocycles. The van der Waals surface area contributed by atoms with Crippen molar-refractivity contribution in [1.82, 2.24) is 13.9 Å². The number of hydrogen-bond acceptors (Lipinski definition) is 5. The van der Waals surface area contributed by atoms with E-state index < -0.39 is 68.7 Å². The van der Waals surface area contributed by atoms with Crippen molar-refractivity contribution in [3.05, 3.63) is 131 Å². The molecule has 1 aliphatic heterocycles. The minimum absolute atomic E-state index is 0. The number of hydrogen-bond donors (Lipinski definition) is 1. The van der Waals surface area contributed by atoms with Gasteiger partial charge in [0, 0.05) is 26.2 Å². The Morgan fingerprint density at radius 2 is 0.854 bits per heavy atom. The summed E-state index contributed by atoms with van der Waals surface area (Å²) in [6.45, 7) is -0.828. The first-order valence-electron chi connectivity index (χ1n) is 14.3. The molecule has 0 aromatic heterocycles. The summed E-state index contributed by atoms with van der Waals surface area (Å²) in [5.74, 6) is 0. The van der Waals surface area contributed by atoms with Crippen molar-refractivity contribution in [1.29, 1.82) is 0 Å². The van der Waals surface area contributed by atoms with Crippen LogP contribution < -0.4 is 5.32 Å². The van der Waals surface area contributed by atoms with Crippen LogP contribution in [-0.2, 0) is 45.5 Å². The first-order chi connectivity index (χ1) is 22.1. The third kappa shape index (κ3) is 8.21. The standard InChI is InChI=1S/C32H29F6N3O4S2.ClH/c33-31(34,35)25-15-11-23(12-16-25)21-40(46(42,43)27-7-3-1-4-8-27)29-19-39-20-30(29)41(47(44,45)28-9-5-2-6-10-28)22-24-13-17-26(18-14-24)32(36,37)38;/h1-18,29-30,39H,19-22H2;1H/t29-,30-;/m0./s1. The van der Waals surface area contributed by atoms with Gasteiger partial charge in [-0.2, -0.15) is 35.0 Å². The Balaban J connectivity index is 0.00000520. The molecular formula is C32H30ClF6N3O4S2. The van der Waals surface area contributed by atoms with Crippen LogP contribution >= 0.6 is 12.4 Å². The molecule has 0 amide bonds. The van der Waals surface area contributed by atoms with Crippen molar-refractivity contribution in [2.24, 2.45) is 0 Å². The average molecular weight is 734 g/mol. The predicted octanol–water partition coefficient (Wildman–Crippen LogP) is 6.57. The van der Waals surface area contributed by atoms with E-state index >= 15 is 0 Å². The molecule has 1 N–H and O–H groups in total. The maximum Gasteiger partial charge on any atom is 0.416 e. The Labute approximate surface area is 280 Å². The third-order valence-electron chi connectivity index (χ3n) is 7.83. The molecule has 258 valence electrons. The molecule has 48 heavy (non-hydrogen) atoms. The number of nitrogens with zero attached hydrogens (tertiary/aromatic N) is 2. The Morgan fingerprint density at radius 1 is 0.542 bits per heavy atom. The highest BCUT2D eigenvalue weighted by molar-refractivity contribution is 7.89. The van der Waals surface area contributed by atoms with Crippen LogP contribution in [0, 0.1) is 0 Å². The molecule has 0 aliphatic carbocycles. The van der Waals surface area contributed by atoms with E-state index in [9.17, 15) is 43.2 Å². The fraction of sp³-hybridized carbons (Fsp3) is 0.250. The summed E-state index contributed by atoms with van der Waals surface area (Å²) in [6.07, 6.45) is -9.22. The summed E-state index contributed by atoms with van der Waals surface area (Å²) in [6, 6.07) is 20.5. The van der Waals surface area contributed by atoms with Gasteiger partial charge in [0.2, 0.25) is 20.0 Å². The predicted molar refractivity (Wildman–Crippen MR) is 169 cm³/mol.